The molecule has 0 bridgehead atoms. The number of furan rings is 1. The topological polar surface area (TPSA) is 43.1 Å². The van der Waals surface area contributed by atoms with E-state index in [-0.39, 0.29) is 5.78 Å². The van der Waals surface area contributed by atoms with E-state index in [1.807, 2.05) is 0 Å². The van der Waals surface area contributed by atoms with Gasteiger partial charge in [0.05, 0.1) is 0 Å². The Hall–Kier alpha value is -0.460. The van der Waals surface area contributed by atoms with E-state index >= 15 is 0 Å². The number of hydrogen-bond donors (Lipinski definition) is 0. The Labute approximate surface area is 100 Å². The van der Waals surface area contributed by atoms with Gasteiger partial charge in [0.1, 0.15) is 4.60 Å². The van der Waals surface area contributed by atoms with E-state index in [2.05, 4.69) is 36.8 Å². The van der Waals surface area contributed by atoms with Crippen LogP contribution in [-0.2, 0) is 0 Å². The number of hydrogen-bond acceptors (Lipinski definition) is 4. The summed E-state index contributed by atoms with van der Waals surface area (Å²) in [6.45, 7) is 0. The molecule has 2 heterocycles. The summed E-state index contributed by atoms with van der Waals surface area (Å²) in [6.07, 6.45) is 0. The van der Waals surface area contributed by atoms with E-state index in [0.717, 1.165) is 0 Å². The lowest BCUT2D eigenvalue weighted by Gasteiger charge is -1.89. The van der Waals surface area contributed by atoms with E-state index < -0.39 is 0 Å². The Kier molecular flexibility index (Phi) is 2.85. The highest BCUT2D eigenvalue weighted by molar-refractivity contribution is 9.10. The first-order chi connectivity index (χ1) is 6.66. The SMILES string of the molecule is O=C(c1ccc(Br)o1)c1nc(Br)cs1. The molecule has 0 amide bonds. The molecule has 2 rings (SSSR count). The summed E-state index contributed by atoms with van der Waals surface area (Å²) in [5, 5.41) is 2.17. The second kappa shape index (κ2) is 3.96. The van der Waals surface area contributed by atoms with Crippen LogP contribution >= 0.6 is 43.2 Å². The van der Waals surface area contributed by atoms with Crippen LogP contribution in [0, 0.1) is 0 Å². The van der Waals surface area contributed by atoms with Crippen molar-refractivity contribution in [1.82, 2.24) is 4.98 Å². The molecule has 2 aromatic heterocycles. The van der Waals surface area contributed by atoms with Gasteiger partial charge in [-0.1, -0.05) is 0 Å². The van der Waals surface area contributed by atoms with E-state index in [4.69, 9.17) is 4.42 Å². The fourth-order valence-electron chi connectivity index (χ4n) is 0.900. The van der Waals surface area contributed by atoms with Crippen molar-refractivity contribution in [2.45, 2.75) is 0 Å². The summed E-state index contributed by atoms with van der Waals surface area (Å²) in [4.78, 5) is 15.7. The first-order valence-corrected chi connectivity index (χ1v) is 6.04. The van der Waals surface area contributed by atoms with E-state index in [9.17, 15) is 4.79 Å². The standard InChI is InChI=1S/C8H3Br2NO2S/c9-5-3-14-8(11-5)7(12)4-1-2-6(10)13-4/h1-3H. The highest BCUT2D eigenvalue weighted by Crippen LogP contribution is 2.21. The molecule has 0 aliphatic carbocycles. The first-order valence-electron chi connectivity index (χ1n) is 3.58. The van der Waals surface area contributed by atoms with E-state index in [1.54, 1.807) is 17.5 Å². The number of nitrogens with zero attached hydrogens (tertiary/aromatic N) is 1. The van der Waals surface area contributed by atoms with Gasteiger partial charge in [0, 0.05) is 5.38 Å². The number of halogens is 2. The predicted molar refractivity (Wildman–Crippen MR) is 59.7 cm³/mol. The lowest BCUT2D eigenvalue weighted by atomic mass is 10.3. The lowest BCUT2D eigenvalue weighted by molar-refractivity contribution is 0.101. The van der Waals surface area contributed by atoms with Crippen molar-refractivity contribution in [2.24, 2.45) is 0 Å². The van der Waals surface area contributed by atoms with Gasteiger partial charge in [-0.3, -0.25) is 4.79 Å². The second-order valence-electron chi connectivity index (χ2n) is 2.41. The molecule has 6 heteroatoms. The minimum atomic E-state index is -0.202. The fraction of sp³-hybridized carbons (Fsp3) is 0. The molecule has 0 radical (unpaired) electrons. The van der Waals surface area contributed by atoms with Crippen molar-refractivity contribution in [2.75, 3.05) is 0 Å². The van der Waals surface area contributed by atoms with Gasteiger partial charge in [0.25, 0.3) is 5.78 Å². The number of ketones is 1. The summed E-state index contributed by atoms with van der Waals surface area (Å²) in [5.74, 6) is 0.0881. The molecule has 0 atom stereocenters. The summed E-state index contributed by atoms with van der Waals surface area (Å²) >= 11 is 7.60. The summed E-state index contributed by atoms with van der Waals surface area (Å²) in [6, 6.07) is 3.29. The maximum absolute atomic E-state index is 11.7. The molecule has 72 valence electrons. The molecule has 0 aromatic carbocycles. The minimum Gasteiger partial charge on any atom is -0.446 e. The van der Waals surface area contributed by atoms with E-state index in [0.29, 0.717) is 20.0 Å². The van der Waals surface area contributed by atoms with Crippen molar-refractivity contribution >= 4 is 49.0 Å². The molecule has 3 nitrogen and oxygen atoms in total. The summed E-state index contributed by atoms with van der Waals surface area (Å²) < 4.78 is 6.33. The maximum atomic E-state index is 11.7. The monoisotopic (exact) mass is 335 g/mol. The average Bonchev–Trinajstić information content (AvgIpc) is 2.73. The largest absolute Gasteiger partial charge is 0.446 e. The zero-order valence-corrected chi connectivity index (χ0v) is 10.6. The lowest BCUT2D eigenvalue weighted by Crippen LogP contribution is -1.98. The molecule has 14 heavy (non-hydrogen) atoms. The second-order valence-corrected chi connectivity index (χ2v) is 4.86. The number of thiazole rings is 1. The Morgan fingerprint density at radius 2 is 2.21 bits per heavy atom. The van der Waals surface area contributed by atoms with Gasteiger partial charge in [-0.2, -0.15) is 0 Å². The van der Waals surface area contributed by atoms with Crippen molar-refractivity contribution in [3.05, 3.63) is 37.6 Å². The predicted octanol–water partition coefficient (Wildman–Crippen LogP) is 3.49. The highest BCUT2D eigenvalue weighted by atomic mass is 79.9. The normalized spacial score (nSPS) is 10.4. The van der Waals surface area contributed by atoms with Crippen LogP contribution < -0.4 is 0 Å². The third kappa shape index (κ3) is 1.97. The van der Waals surface area contributed by atoms with Gasteiger partial charge in [-0.05, 0) is 44.0 Å². The number of aromatic nitrogens is 1. The minimum absolute atomic E-state index is 0.202. The summed E-state index contributed by atoms with van der Waals surface area (Å²) in [5.41, 5.74) is 0. The Morgan fingerprint density at radius 1 is 1.43 bits per heavy atom. The van der Waals surface area contributed by atoms with Crippen molar-refractivity contribution in [3.8, 4) is 0 Å². The molecule has 2 aromatic rings. The highest BCUT2D eigenvalue weighted by Gasteiger charge is 2.16. The molecule has 0 unspecified atom stereocenters. The smallest absolute Gasteiger partial charge is 0.256 e. The first kappa shape index (κ1) is 10.1. The van der Waals surface area contributed by atoms with Crippen molar-refractivity contribution in [1.29, 1.82) is 0 Å². The van der Waals surface area contributed by atoms with Crippen LogP contribution in [0.15, 0.2) is 31.2 Å². The molecule has 0 spiro atoms. The molecule has 0 saturated carbocycles. The van der Waals surface area contributed by atoms with Crippen LogP contribution in [0.25, 0.3) is 0 Å². The van der Waals surface area contributed by atoms with Crippen molar-refractivity contribution < 1.29 is 9.21 Å². The van der Waals surface area contributed by atoms with Crippen LogP contribution in [0.2, 0.25) is 0 Å². The third-order valence-electron chi connectivity index (χ3n) is 1.47. The molecular formula is C8H3Br2NO2S. The molecule has 0 aliphatic rings. The number of carbonyl (C=O) groups excluding carboxylic acids is 1. The van der Waals surface area contributed by atoms with Crippen LogP contribution in [0.1, 0.15) is 15.6 Å². The van der Waals surface area contributed by atoms with Gasteiger partial charge in [0.2, 0.25) is 0 Å². The Bertz CT molecular complexity index is 435. The van der Waals surface area contributed by atoms with Gasteiger partial charge < -0.3 is 4.42 Å². The van der Waals surface area contributed by atoms with Gasteiger partial charge in [0.15, 0.2) is 15.4 Å². The number of rotatable bonds is 2. The molecule has 0 fully saturated rings. The fourth-order valence-corrected chi connectivity index (χ4v) is 2.40. The van der Waals surface area contributed by atoms with Crippen LogP contribution in [0.5, 0.6) is 0 Å². The van der Waals surface area contributed by atoms with E-state index in [1.165, 1.54) is 11.3 Å². The average molecular weight is 337 g/mol. The molecule has 0 N–H and O–H groups in total. The zero-order valence-electron chi connectivity index (χ0n) is 6.66. The molecule has 0 saturated heterocycles. The Balaban J connectivity index is 2.33. The maximum Gasteiger partial charge on any atom is 0.256 e. The van der Waals surface area contributed by atoms with Gasteiger partial charge >= 0.3 is 0 Å². The zero-order chi connectivity index (χ0) is 10.1. The number of carbonyl (C=O) groups is 1. The Morgan fingerprint density at radius 3 is 2.71 bits per heavy atom. The van der Waals surface area contributed by atoms with Crippen LogP contribution in [-0.4, -0.2) is 10.8 Å². The molecular weight excluding hydrogens is 334 g/mol. The summed E-state index contributed by atoms with van der Waals surface area (Å²) in [7, 11) is 0. The van der Waals surface area contributed by atoms with Crippen molar-refractivity contribution in [3.63, 3.8) is 0 Å². The van der Waals surface area contributed by atoms with Gasteiger partial charge in [-0.15, -0.1) is 11.3 Å². The van der Waals surface area contributed by atoms with Crippen LogP contribution in [0.4, 0.5) is 0 Å². The quantitative estimate of drug-likeness (QED) is 0.788. The third-order valence-corrected chi connectivity index (χ3v) is 3.44. The van der Waals surface area contributed by atoms with Crippen LogP contribution in [0.3, 0.4) is 0 Å². The van der Waals surface area contributed by atoms with Gasteiger partial charge in [-0.25, -0.2) is 4.98 Å². The molecule has 0 aliphatic heterocycles.